The van der Waals surface area contributed by atoms with Gasteiger partial charge in [0.05, 0.1) is 6.42 Å². The van der Waals surface area contributed by atoms with Gasteiger partial charge in [-0.05, 0) is 81.6 Å². The first-order chi connectivity index (χ1) is 13.4. The SMILES string of the molecule is Cc1[nH]c2ccccc2c1C(=O)[C@H](C)OC(=O)CC12CC3CC(CC(C3)C1)C2. The molecule has 0 amide bonds. The molecule has 2 aromatic rings. The van der Waals surface area contributed by atoms with Gasteiger partial charge in [0.2, 0.25) is 5.78 Å². The van der Waals surface area contributed by atoms with E-state index in [9.17, 15) is 9.59 Å². The molecule has 6 rings (SSSR count). The van der Waals surface area contributed by atoms with Gasteiger partial charge >= 0.3 is 5.97 Å². The Labute approximate surface area is 166 Å². The molecule has 1 aromatic carbocycles. The minimum atomic E-state index is -0.751. The van der Waals surface area contributed by atoms with Gasteiger partial charge in [0.15, 0.2) is 6.10 Å². The van der Waals surface area contributed by atoms with Crippen LogP contribution in [0.25, 0.3) is 10.9 Å². The zero-order valence-corrected chi connectivity index (χ0v) is 16.8. The molecule has 0 aliphatic heterocycles. The van der Waals surface area contributed by atoms with Crippen molar-refractivity contribution in [2.75, 3.05) is 0 Å². The molecule has 4 bridgehead atoms. The molecule has 1 N–H and O–H groups in total. The number of ether oxygens (including phenoxy) is 1. The lowest BCUT2D eigenvalue weighted by molar-refractivity contribution is -0.154. The van der Waals surface area contributed by atoms with Crippen molar-refractivity contribution in [2.45, 2.75) is 64.9 Å². The van der Waals surface area contributed by atoms with Crippen molar-refractivity contribution >= 4 is 22.7 Å². The highest BCUT2D eigenvalue weighted by molar-refractivity contribution is 6.11. The highest BCUT2D eigenvalue weighted by atomic mass is 16.5. The number of fused-ring (bicyclic) bond motifs is 1. The van der Waals surface area contributed by atoms with Crippen LogP contribution in [0.5, 0.6) is 0 Å². The molecule has 28 heavy (non-hydrogen) atoms. The van der Waals surface area contributed by atoms with Crippen LogP contribution in [0.1, 0.15) is 67.9 Å². The van der Waals surface area contributed by atoms with Crippen molar-refractivity contribution in [1.29, 1.82) is 0 Å². The first kappa shape index (κ1) is 18.0. The highest BCUT2D eigenvalue weighted by Gasteiger charge is 2.51. The summed E-state index contributed by atoms with van der Waals surface area (Å²) in [5.74, 6) is 2.13. The van der Waals surface area contributed by atoms with Crippen LogP contribution in [0.15, 0.2) is 24.3 Å². The average molecular weight is 380 g/mol. The van der Waals surface area contributed by atoms with E-state index in [0.29, 0.717) is 12.0 Å². The molecule has 1 aromatic heterocycles. The first-order valence-electron chi connectivity index (χ1n) is 10.7. The van der Waals surface area contributed by atoms with Crippen LogP contribution in [0, 0.1) is 30.1 Å². The van der Waals surface area contributed by atoms with Gasteiger partial charge in [0.25, 0.3) is 0 Å². The van der Waals surface area contributed by atoms with E-state index in [-0.39, 0.29) is 17.2 Å². The van der Waals surface area contributed by atoms with E-state index in [0.717, 1.165) is 34.4 Å². The van der Waals surface area contributed by atoms with Gasteiger partial charge < -0.3 is 9.72 Å². The summed E-state index contributed by atoms with van der Waals surface area (Å²) in [6.07, 6.45) is 7.36. The summed E-state index contributed by atoms with van der Waals surface area (Å²) in [5.41, 5.74) is 2.56. The minimum absolute atomic E-state index is 0.117. The number of hydrogen-bond donors (Lipinski definition) is 1. The van der Waals surface area contributed by atoms with E-state index in [1.165, 1.54) is 38.5 Å². The topological polar surface area (TPSA) is 59.2 Å². The largest absolute Gasteiger partial charge is 0.454 e. The lowest BCUT2D eigenvalue weighted by atomic mass is 9.49. The highest BCUT2D eigenvalue weighted by Crippen LogP contribution is 2.61. The molecule has 1 heterocycles. The number of Topliss-reactive ketones (excluding diaryl/α,β-unsaturated/α-hetero) is 1. The number of para-hydroxylation sites is 1. The number of aromatic nitrogens is 1. The van der Waals surface area contributed by atoms with Crippen molar-refractivity contribution in [1.82, 2.24) is 4.98 Å². The fraction of sp³-hybridized carbons (Fsp3) is 0.583. The number of ketones is 1. The average Bonchev–Trinajstić information content (AvgIpc) is 2.94. The van der Waals surface area contributed by atoms with Crippen molar-refractivity contribution in [3.05, 3.63) is 35.5 Å². The van der Waals surface area contributed by atoms with Gasteiger partial charge in [-0.25, -0.2) is 0 Å². The lowest BCUT2D eigenvalue weighted by Crippen LogP contribution is -2.47. The molecule has 0 spiro atoms. The molecule has 0 unspecified atom stereocenters. The van der Waals surface area contributed by atoms with E-state index in [1.54, 1.807) is 6.92 Å². The Kier molecular flexibility index (Phi) is 4.15. The maximum absolute atomic E-state index is 13.0. The normalized spacial score (nSPS) is 31.9. The molecule has 0 radical (unpaired) electrons. The molecule has 1 atom stereocenters. The van der Waals surface area contributed by atoms with E-state index < -0.39 is 6.10 Å². The number of nitrogens with one attached hydrogen (secondary N) is 1. The number of hydrogen-bond acceptors (Lipinski definition) is 3. The molecular weight excluding hydrogens is 350 g/mol. The Morgan fingerprint density at radius 2 is 1.71 bits per heavy atom. The van der Waals surface area contributed by atoms with Gasteiger partial charge in [-0.15, -0.1) is 0 Å². The number of benzene rings is 1. The molecule has 0 saturated heterocycles. The van der Waals surface area contributed by atoms with Crippen LogP contribution >= 0.6 is 0 Å². The van der Waals surface area contributed by atoms with Crippen molar-refractivity contribution in [3.8, 4) is 0 Å². The van der Waals surface area contributed by atoms with E-state index in [4.69, 9.17) is 4.74 Å². The van der Waals surface area contributed by atoms with Crippen LogP contribution in [0.4, 0.5) is 0 Å². The Balaban J connectivity index is 1.29. The van der Waals surface area contributed by atoms with Crippen molar-refractivity contribution < 1.29 is 14.3 Å². The van der Waals surface area contributed by atoms with Gasteiger partial charge in [0.1, 0.15) is 0 Å². The van der Waals surface area contributed by atoms with Crippen LogP contribution in [-0.4, -0.2) is 22.8 Å². The van der Waals surface area contributed by atoms with E-state index in [1.807, 2.05) is 31.2 Å². The number of esters is 1. The van der Waals surface area contributed by atoms with Crippen LogP contribution < -0.4 is 0 Å². The molecule has 4 fully saturated rings. The Morgan fingerprint density at radius 3 is 2.36 bits per heavy atom. The predicted molar refractivity (Wildman–Crippen MR) is 108 cm³/mol. The summed E-state index contributed by atoms with van der Waals surface area (Å²) < 4.78 is 5.68. The second kappa shape index (κ2) is 6.47. The number of rotatable bonds is 5. The lowest BCUT2D eigenvalue weighted by Gasteiger charge is -2.56. The fourth-order valence-corrected chi connectivity index (χ4v) is 6.90. The second-order valence-corrected chi connectivity index (χ2v) is 9.76. The predicted octanol–water partition coefficient (Wildman–Crippen LogP) is 5.20. The molecule has 4 aliphatic carbocycles. The number of aryl methyl sites for hydroxylation is 1. The smallest absolute Gasteiger partial charge is 0.307 e. The van der Waals surface area contributed by atoms with Gasteiger partial charge in [-0.1, -0.05) is 18.2 Å². The quantitative estimate of drug-likeness (QED) is 0.574. The summed E-state index contributed by atoms with van der Waals surface area (Å²) in [5, 5.41) is 0.897. The summed E-state index contributed by atoms with van der Waals surface area (Å²) in [6.45, 7) is 3.61. The fourth-order valence-electron chi connectivity index (χ4n) is 6.90. The molecular formula is C24H29NO3. The standard InChI is InChI=1S/C24H29NO3/c1-14-22(19-5-3-4-6-20(19)25-14)23(27)15(2)28-21(26)13-24-10-16-7-17(11-24)9-18(8-16)12-24/h3-6,15-18,25H,7-13H2,1-2H3/t15-,16?,17?,18?,24?/m0/s1. The van der Waals surface area contributed by atoms with Crippen molar-refractivity contribution in [2.24, 2.45) is 23.2 Å². The number of carbonyl (C=O) groups is 2. The monoisotopic (exact) mass is 379 g/mol. The van der Waals surface area contributed by atoms with Crippen LogP contribution in [0.2, 0.25) is 0 Å². The third kappa shape index (κ3) is 2.98. The molecule has 4 nitrogen and oxygen atoms in total. The second-order valence-electron chi connectivity index (χ2n) is 9.76. The zero-order valence-electron chi connectivity index (χ0n) is 16.8. The molecule has 4 saturated carbocycles. The van der Waals surface area contributed by atoms with Crippen LogP contribution in [-0.2, 0) is 9.53 Å². The summed E-state index contributed by atoms with van der Waals surface area (Å²) in [7, 11) is 0. The zero-order chi connectivity index (χ0) is 19.5. The minimum Gasteiger partial charge on any atom is -0.454 e. The van der Waals surface area contributed by atoms with Gasteiger partial charge in [0, 0.05) is 22.2 Å². The number of aromatic amines is 1. The summed E-state index contributed by atoms with van der Waals surface area (Å²) >= 11 is 0. The molecule has 4 aliphatic rings. The third-order valence-corrected chi connectivity index (χ3v) is 7.50. The Morgan fingerprint density at radius 1 is 1.11 bits per heavy atom. The Bertz CT molecular complexity index is 905. The maximum atomic E-state index is 13.0. The maximum Gasteiger partial charge on any atom is 0.307 e. The summed E-state index contributed by atoms with van der Waals surface area (Å²) in [4.78, 5) is 29.1. The Hall–Kier alpha value is -2.10. The molecule has 4 heteroatoms. The molecule has 148 valence electrons. The van der Waals surface area contributed by atoms with Gasteiger partial charge in [-0.3, -0.25) is 9.59 Å². The van der Waals surface area contributed by atoms with Crippen LogP contribution in [0.3, 0.4) is 0 Å². The van der Waals surface area contributed by atoms with E-state index >= 15 is 0 Å². The van der Waals surface area contributed by atoms with Crippen molar-refractivity contribution in [3.63, 3.8) is 0 Å². The van der Waals surface area contributed by atoms with E-state index in [2.05, 4.69) is 4.98 Å². The van der Waals surface area contributed by atoms with Gasteiger partial charge in [-0.2, -0.15) is 0 Å². The number of carbonyl (C=O) groups excluding carboxylic acids is 2. The third-order valence-electron chi connectivity index (χ3n) is 7.50. The first-order valence-corrected chi connectivity index (χ1v) is 10.7. The number of H-pyrrole nitrogens is 1. The summed E-state index contributed by atoms with van der Waals surface area (Å²) in [6, 6.07) is 7.77.